The molecule has 2 aromatic carbocycles. The summed E-state index contributed by atoms with van der Waals surface area (Å²) in [5, 5.41) is 11.5. The largest absolute Gasteiger partial charge is 0.507 e. The topological polar surface area (TPSA) is 46.2 Å². The van der Waals surface area contributed by atoms with Crippen LogP contribution in [0.4, 0.5) is 0 Å². The highest BCUT2D eigenvalue weighted by molar-refractivity contribution is 5.90. The first-order valence-corrected chi connectivity index (χ1v) is 4.66. The molecule has 0 spiro atoms. The molecule has 0 aliphatic rings. The SMILES string of the molecule is CC(N)c1cccc2c(O)cccc12. The minimum atomic E-state index is -0.0134. The van der Waals surface area contributed by atoms with Gasteiger partial charge in [0.1, 0.15) is 5.75 Å². The normalized spacial score (nSPS) is 13.0. The Kier molecular flexibility index (Phi) is 2.14. The van der Waals surface area contributed by atoms with Crippen molar-refractivity contribution in [2.24, 2.45) is 5.73 Å². The highest BCUT2D eigenvalue weighted by Gasteiger charge is 2.06. The van der Waals surface area contributed by atoms with Gasteiger partial charge in [0.15, 0.2) is 0 Å². The molecular formula is C12H13NO. The fraction of sp³-hybridized carbons (Fsp3) is 0.167. The first-order chi connectivity index (χ1) is 6.70. The zero-order valence-electron chi connectivity index (χ0n) is 8.07. The van der Waals surface area contributed by atoms with E-state index in [4.69, 9.17) is 5.73 Å². The van der Waals surface area contributed by atoms with Crippen molar-refractivity contribution in [2.75, 3.05) is 0 Å². The summed E-state index contributed by atoms with van der Waals surface area (Å²) >= 11 is 0. The summed E-state index contributed by atoms with van der Waals surface area (Å²) in [6.07, 6.45) is 0. The van der Waals surface area contributed by atoms with Crippen molar-refractivity contribution in [1.29, 1.82) is 0 Å². The van der Waals surface area contributed by atoms with Crippen LogP contribution in [0.1, 0.15) is 18.5 Å². The minimum absolute atomic E-state index is 0.0134. The molecule has 0 aliphatic carbocycles. The van der Waals surface area contributed by atoms with Gasteiger partial charge in [-0.05, 0) is 23.9 Å². The molecule has 2 rings (SSSR count). The Morgan fingerprint density at radius 3 is 2.43 bits per heavy atom. The highest BCUT2D eigenvalue weighted by Crippen LogP contribution is 2.28. The summed E-state index contributed by atoms with van der Waals surface area (Å²) < 4.78 is 0. The Balaban J connectivity index is 2.81. The molecule has 0 heterocycles. The average Bonchev–Trinajstić information content (AvgIpc) is 2.17. The van der Waals surface area contributed by atoms with Crippen molar-refractivity contribution in [1.82, 2.24) is 0 Å². The predicted molar refractivity (Wildman–Crippen MR) is 58.2 cm³/mol. The monoisotopic (exact) mass is 187 g/mol. The zero-order chi connectivity index (χ0) is 10.1. The van der Waals surface area contributed by atoms with Crippen LogP contribution in [0.15, 0.2) is 36.4 Å². The molecule has 3 N–H and O–H groups in total. The van der Waals surface area contributed by atoms with E-state index in [-0.39, 0.29) is 6.04 Å². The number of hydrogen-bond acceptors (Lipinski definition) is 2. The van der Waals surface area contributed by atoms with Gasteiger partial charge in [0, 0.05) is 11.4 Å². The second-order valence-corrected chi connectivity index (χ2v) is 3.51. The number of benzene rings is 2. The lowest BCUT2D eigenvalue weighted by molar-refractivity contribution is 0.481. The van der Waals surface area contributed by atoms with E-state index in [1.165, 1.54) is 0 Å². The van der Waals surface area contributed by atoms with Gasteiger partial charge in [-0.15, -0.1) is 0 Å². The summed E-state index contributed by atoms with van der Waals surface area (Å²) in [6, 6.07) is 11.3. The first kappa shape index (κ1) is 9.03. The maximum atomic E-state index is 9.64. The van der Waals surface area contributed by atoms with Gasteiger partial charge >= 0.3 is 0 Å². The molecule has 2 nitrogen and oxygen atoms in total. The number of fused-ring (bicyclic) bond motifs is 1. The van der Waals surface area contributed by atoms with Crippen LogP contribution >= 0.6 is 0 Å². The lowest BCUT2D eigenvalue weighted by Crippen LogP contribution is -2.05. The molecule has 14 heavy (non-hydrogen) atoms. The second-order valence-electron chi connectivity index (χ2n) is 3.51. The summed E-state index contributed by atoms with van der Waals surface area (Å²) in [4.78, 5) is 0. The van der Waals surface area contributed by atoms with E-state index in [1.807, 2.05) is 37.3 Å². The summed E-state index contributed by atoms with van der Waals surface area (Å²) in [6.45, 7) is 1.94. The molecule has 2 heteroatoms. The van der Waals surface area contributed by atoms with Gasteiger partial charge in [0.2, 0.25) is 0 Å². The van der Waals surface area contributed by atoms with Gasteiger partial charge in [-0.25, -0.2) is 0 Å². The third kappa shape index (κ3) is 1.34. The molecule has 0 aliphatic heterocycles. The van der Waals surface area contributed by atoms with Crippen molar-refractivity contribution >= 4 is 10.8 Å². The van der Waals surface area contributed by atoms with Crippen molar-refractivity contribution < 1.29 is 5.11 Å². The molecule has 0 amide bonds. The molecule has 2 aromatic rings. The number of rotatable bonds is 1. The number of hydrogen-bond donors (Lipinski definition) is 2. The number of aromatic hydroxyl groups is 1. The number of phenols is 1. The molecule has 0 bridgehead atoms. The smallest absolute Gasteiger partial charge is 0.123 e. The van der Waals surface area contributed by atoms with E-state index in [0.29, 0.717) is 5.75 Å². The van der Waals surface area contributed by atoms with Crippen LogP contribution in [-0.4, -0.2) is 5.11 Å². The fourth-order valence-corrected chi connectivity index (χ4v) is 1.71. The molecule has 1 unspecified atom stereocenters. The lowest BCUT2D eigenvalue weighted by Gasteiger charge is -2.10. The zero-order valence-corrected chi connectivity index (χ0v) is 8.07. The summed E-state index contributed by atoms with van der Waals surface area (Å²) in [5.41, 5.74) is 6.92. The van der Waals surface area contributed by atoms with Crippen LogP contribution in [0.25, 0.3) is 10.8 Å². The lowest BCUT2D eigenvalue weighted by atomic mass is 10.00. The molecule has 0 fully saturated rings. The number of nitrogens with two attached hydrogens (primary N) is 1. The quantitative estimate of drug-likeness (QED) is 0.720. The van der Waals surface area contributed by atoms with Crippen LogP contribution < -0.4 is 5.73 Å². The van der Waals surface area contributed by atoms with Gasteiger partial charge < -0.3 is 10.8 Å². The predicted octanol–water partition coefficient (Wildman–Crippen LogP) is 2.57. The van der Waals surface area contributed by atoms with Gasteiger partial charge in [-0.2, -0.15) is 0 Å². The third-order valence-corrected chi connectivity index (χ3v) is 2.42. The van der Waals surface area contributed by atoms with Crippen molar-refractivity contribution in [3.8, 4) is 5.75 Å². The first-order valence-electron chi connectivity index (χ1n) is 4.66. The summed E-state index contributed by atoms with van der Waals surface area (Å²) in [5.74, 6) is 0.310. The minimum Gasteiger partial charge on any atom is -0.507 e. The van der Waals surface area contributed by atoms with Crippen molar-refractivity contribution in [3.05, 3.63) is 42.0 Å². The molecule has 0 saturated carbocycles. The second kappa shape index (κ2) is 3.31. The van der Waals surface area contributed by atoms with E-state index >= 15 is 0 Å². The van der Waals surface area contributed by atoms with Crippen LogP contribution in [0.5, 0.6) is 5.75 Å². The standard InChI is InChI=1S/C12H13NO/c1-8(13)9-4-2-6-11-10(9)5-3-7-12(11)14/h2-8,14H,13H2,1H3. The molecule has 0 saturated heterocycles. The fourth-order valence-electron chi connectivity index (χ4n) is 1.71. The van der Waals surface area contributed by atoms with Crippen LogP contribution in [0.2, 0.25) is 0 Å². The highest BCUT2D eigenvalue weighted by atomic mass is 16.3. The molecule has 72 valence electrons. The van der Waals surface area contributed by atoms with E-state index in [9.17, 15) is 5.11 Å². The van der Waals surface area contributed by atoms with E-state index in [1.54, 1.807) is 6.07 Å². The van der Waals surface area contributed by atoms with Crippen LogP contribution in [-0.2, 0) is 0 Å². The van der Waals surface area contributed by atoms with Crippen molar-refractivity contribution in [3.63, 3.8) is 0 Å². The average molecular weight is 187 g/mol. The third-order valence-electron chi connectivity index (χ3n) is 2.42. The van der Waals surface area contributed by atoms with Gasteiger partial charge in [-0.1, -0.05) is 30.3 Å². The maximum Gasteiger partial charge on any atom is 0.123 e. The Morgan fingerprint density at radius 1 is 1.07 bits per heavy atom. The van der Waals surface area contributed by atoms with E-state index in [0.717, 1.165) is 16.3 Å². The van der Waals surface area contributed by atoms with E-state index < -0.39 is 0 Å². The van der Waals surface area contributed by atoms with Gasteiger partial charge in [0.05, 0.1) is 0 Å². The van der Waals surface area contributed by atoms with Gasteiger partial charge in [-0.3, -0.25) is 0 Å². The molecule has 0 radical (unpaired) electrons. The maximum absolute atomic E-state index is 9.64. The summed E-state index contributed by atoms with van der Waals surface area (Å²) in [7, 11) is 0. The Labute approximate surface area is 83.0 Å². The molecular weight excluding hydrogens is 174 g/mol. The molecule has 0 aromatic heterocycles. The Bertz CT molecular complexity index is 463. The Hall–Kier alpha value is -1.54. The van der Waals surface area contributed by atoms with Crippen LogP contribution in [0, 0.1) is 0 Å². The van der Waals surface area contributed by atoms with Crippen LogP contribution in [0.3, 0.4) is 0 Å². The Morgan fingerprint density at radius 2 is 1.71 bits per heavy atom. The molecule has 1 atom stereocenters. The van der Waals surface area contributed by atoms with Gasteiger partial charge in [0.25, 0.3) is 0 Å². The van der Waals surface area contributed by atoms with E-state index in [2.05, 4.69) is 0 Å². The number of phenolic OH excluding ortho intramolecular Hbond substituents is 1. The van der Waals surface area contributed by atoms with Crippen molar-refractivity contribution in [2.45, 2.75) is 13.0 Å².